The van der Waals surface area contributed by atoms with E-state index in [1.807, 2.05) is 48.2 Å². The first-order chi connectivity index (χ1) is 16.9. The van der Waals surface area contributed by atoms with E-state index in [2.05, 4.69) is 12.1 Å². The van der Waals surface area contributed by atoms with Crippen molar-refractivity contribution in [2.24, 2.45) is 5.92 Å². The molecule has 3 aliphatic rings. The van der Waals surface area contributed by atoms with Crippen molar-refractivity contribution in [2.75, 3.05) is 6.54 Å². The van der Waals surface area contributed by atoms with Gasteiger partial charge in [-0.2, -0.15) is 0 Å². The van der Waals surface area contributed by atoms with Crippen LogP contribution in [0.25, 0.3) is 0 Å². The van der Waals surface area contributed by atoms with Gasteiger partial charge in [0.05, 0.1) is 0 Å². The number of nitrogens with zero attached hydrogens (tertiary/aromatic N) is 1. The average Bonchev–Trinajstić information content (AvgIpc) is 2.88. The third-order valence-corrected chi connectivity index (χ3v) is 8.72. The zero-order valence-electron chi connectivity index (χ0n) is 20.7. The van der Waals surface area contributed by atoms with Crippen molar-refractivity contribution in [2.45, 2.75) is 82.5 Å². The summed E-state index contributed by atoms with van der Waals surface area (Å²) in [6, 6.07) is 16.0. The van der Waals surface area contributed by atoms with Crippen molar-refractivity contribution < 1.29 is 24.2 Å². The molecule has 6 heteroatoms. The molecule has 186 valence electrons. The number of carbonyl (C=O) groups is 2. The highest BCUT2D eigenvalue weighted by atomic mass is 16.6. The minimum atomic E-state index is -1.25. The van der Waals surface area contributed by atoms with Gasteiger partial charge in [0, 0.05) is 18.0 Å². The van der Waals surface area contributed by atoms with Gasteiger partial charge in [-0.15, -0.1) is 0 Å². The van der Waals surface area contributed by atoms with E-state index >= 15 is 0 Å². The largest absolute Gasteiger partial charge is 0.478 e. The SMILES string of the molecule is CCC(C)(Oc1ccc2c(c1)[C@@]13CCCC[C@H]1[C@@H](C2)N(C(=O)OCc1ccccc1)CC3)C(=O)O. The Morgan fingerprint density at radius 2 is 1.94 bits per heavy atom. The Morgan fingerprint density at radius 1 is 1.14 bits per heavy atom. The third kappa shape index (κ3) is 4.17. The predicted molar refractivity (Wildman–Crippen MR) is 132 cm³/mol. The summed E-state index contributed by atoms with van der Waals surface area (Å²) in [5, 5.41) is 9.68. The molecular formula is C29H35NO5. The second-order valence-corrected chi connectivity index (χ2v) is 10.6. The van der Waals surface area contributed by atoms with E-state index in [4.69, 9.17) is 9.47 Å². The van der Waals surface area contributed by atoms with E-state index in [9.17, 15) is 14.7 Å². The average molecular weight is 478 g/mol. The van der Waals surface area contributed by atoms with Gasteiger partial charge in [0.2, 0.25) is 5.60 Å². The summed E-state index contributed by atoms with van der Waals surface area (Å²) in [4.78, 5) is 27.0. The van der Waals surface area contributed by atoms with E-state index in [0.29, 0.717) is 24.6 Å². The number of hydrogen-bond acceptors (Lipinski definition) is 4. The van der Waals surface area contributed by atoms with Crippen LogP contribution in [0, 0.1) is 5.92 Å². The van der Waals surface area contributed by atoms with Crippen molar-refractivity contribution in [1.82, 2.24) is 4.90 Å². The smallest absolute Gasteiger partial charge is 0.410 e. The van der Waals surface area contributed by atoms with Gasteiger partial charge < -0.3 is 19.5 Å². The number of likely N-dealkylation sites (tertiary alicyclic amines) is 1. The first-order valence-corrected chi connectivity index (χ1v) is 12.9. The molecule has 1 amide bonds. The molecule has 0 radical (unpaired) electrons. The molecule has 2 fully saturated rings. The van der Waals surface area contributed by atoms with Gasteiger partial charge in [0.25, 0.3) is 0 Å². The van der Waals surface area contributed by atoms with Gasteiger partial charge in [-0.25, -0.2) is 9.59 Å². The van der Waals surface area contributed by atoms with Crippen LogP contribution in [0.5, 0.6) is 5.75 Å². The summed E-state index contributed by atoms with van der Waals surface area (Å²) in [6.45, 7) is 4.43. The number of ether oxygens (including phenoxy) is 2. The fraction of sp³-hybridized carbons (Fsp3) is 0.517. The topological polar surface area (TPSA) is 76.1 Å². The second-order valence-electron chi connectivity index (χ2n) is 10.6. The molecule has 1 unspecified atom stereocenters. The maximum Gasteiger partial charge on any atom is 0.410 e. The Morgan fingerprint density at radius 3 is 2.69 bits per heavy atom. The minimum absolute atomic E-state index is 0.0118. The predicted octanol–water partition coefficient (Wildman–Crippen LogP) is 5.71. The first-order valence-electron chi connectivity index (χ1n) is 12.9. The molecule has 1 saturated carbocycles. The highest BCUT2D eigenvalue weighted by Crippen LogP contribution is 2.56. The quantitative estimate of drug-likeness (QED) is 0.576. The van der Waals surface area contributed by atoms with Crippen molar-refractivity contribution in [3.05, 3.63) is 65.2 Å². The molecule has 0 spiro atoms. The monoisotopic (exact) mass is 477 g/mol. The lowest BCUT2D eigenvalue weighted by Crippen LogP contribution is -2.62. The molecule has 5 rings (SSSR count). The standard InChI is InChI=1S/C29H35NO5/c1-3-28(2,26(31)32)35-22-13-12-21-17-25-23-11-7-8-14-29(23,24(21)18-22)15-16-30(25)27(33)34-19-20-9-5-4-6-10-20/h4-6,9-10,12-13,18,23,25H,3,7-8,11,14-17,19H2,1-2H3,(H,31,32)/t23-,25+,28?,29+/m0/s1. The Balaban J connectivity index is 1.41. The summed E-state index contributed by atoms with van der Waals surface area (Å²) in [6.07, 6.45) is 6.40. The summed E-state index contributed by atoms with van der Waals surface area (Å²) >= 11 is 0. The van der Waals surface area contributed by atoms with E-state index < -0.39 is 11.6 Å². The number of hydrogen-bond donors (Lipinski definition) is 1. The number of carboxylic acid groups (broad SMARTS) is 1. The molecule has 1 aliphatic heterocycles. The zero-order chi connectivity index (χ0) is 24.6. The Hall–Kier alpha value is -3.02. The van der Waals surface area contributed by atoms with E-state index in [0.717, 1.165) is 31.2 Å². The van der Waals surface area contributed by atoms with Crippen LogP contribution >= 0.6 is 0 Å². The fourth-order valence-corrected chi connectivity index (χ4v) is 6.60. The van der Waals surface area contributed by atoms with Gasteiger partial charge in [-0.3, -0.25) is 0 Å². The van der Waals surface area contributed by atoms with Gasteiger partial charge in [0.1, 0.15) is 12.4 Å². The van der Waals surface area contributed by atoms with E-state index in [1.165, 1.54) is 24.0 Å². The molecule has 1 heterocycles. The molecule has 2 aliphatic carbocycles. The van der Waals surface area contributed by atoms with Crippen molar-refractivity contribution in [3.8, 4) is 5.75 Å². The molecule has 6 nitrogen and oxygen atoms in total. The summed E-state index contributed by atoms with van der Waals surface area (Å²) < 4.78 is 11.8. The molecule has 4 atom stereocenters. The molecule has 1 N–H and O–H groups in total. The summed E-state index contributed by atoms with van der Waals surface area (Å²) in [5.41, 5.74) is 2.30. The van der Waals surface area contributed by atoms with Crippen molar-refractivity contribution in [3.63, 3.8) is 0 Å². The Bertz CT molecular complexity index is 1100. The van der Waals surface area contributed by atoms with Crippen LogP contribution in [-0.2, 0) is 28.0 Å². The fourth-order valence-electron chi connectivity index (χ4n) is 6.60. The minimum Gasteiger partial charge on any atom is -0.478 e. The van der Waals surface area contributed by atoms with Gasteiger partial charge >= 0.3 is 12.1 Å². The number of rotatable bonds is 6. The van der Waals surface area contributed by atoms with Crippen LogP contribution in [0.2, 0.25) is 0 Å². The van der Waals surface area contributed by atoms with Crippen LogP contribution in [-0.4, -0.2) is 40.3 Å². The second kappa shape index (κ2) is 9.21. The normalized spacial score (nSPS) is 26.6. The molecular weight excluding hydrogens is 442 g/mol. The lowest BCUT2D eigenvalue weighted by molar-refractivity contribution is -0.154. The first kappa shape index (κ1) is 23.7. The van der Waals surface area contributed by atoms with Crippen LogP contribution in [0.1, 0.15) is 69.1 Å². The van der Waals surface area contributed by atoms with Gasteiger partial charge in [-0.05, 0) is 73.8 Å². The van der Waals surface area contributed by atoms with Crippen LogP contribution in [0.15, 0.2) is 48.5 Å². The number of amides is 1. The number of benzene rings is 2. The Kier molecular flexibility index (Phi) is 6.24. The number of carbonyl (C=O) groups excluding carboxylic acids is 1. The van der Waals surface area contributed by atoms with Crippen molar-refractivity contribution in [1.29, 1.82) is 0 Å². The van der Waals surface area contributed by atoms with E-state index in [-0.39, 0.29) is 24.2 Å². The van der Waals surface area contributed by atoms with Crippen molar-refractivity contribution >= 4 is 12.1 Å². The third-order valence-electron chi connectivity index (χ3n) is 8.72. The van der Waals surface area contributed by atoms with E-state index in [1.54, 1.807) is 6.92 Å². The van der Waals surface area contributed by atoms with Crippen LogP contribution in [0.3, 0.4) is 0 Å². The van der Waals surface area contributed by atoms with Gasteiger partial charge in [0.15, 0.2) is 0 Å². The highest BCUT2D eigenvalue weighted by Gasteiger charge is 2.55. The molecule has 35 heavy (non-hydrogen) atoms. The zero-order valence-corrected chi connectivity index (χ0v) is 20.7. The maximum absolute atomic E-state index is 13.2. The van der Waals surface area contributed by atoms with Crippen LogP contribution < -0.4 is 4.74 Å². The summed E-state index contributed by atoms with van der Waals surface area (Å²) in [7, 11) is 0. The maximum atomic E-state index is 13.2. The molecule has 0 aromatic heterocycles. The lowest BCUT2D eigenvalue weighted by Gasteiger charge is -2.58. The lowest BCUT2D eigenvalue weighted by atomic mass is 9.52. The summed E-state index contributed by atoms with van der Waals surface area (Å²) in [5.74, 6) is 0.0558. The number of carboxylic acids is 1. The number of fused-ring (bicyclic) bond motifs is 1. The van der Waals surface area contributed by atoms with Crippen LogP contribution in [0.4, 0.5) is 4.79 Å². The molecule has 2 bridgehead atoms. The van der Waals surface area contributed by atoms with Gasteiger partial charge in [-0.1, -0.05) is 56.2 Å². The Labute approximate surface area is 207 Å². The molecule has 2 aromatic rings. The highest BCUT2D eigenvalue weighted by molar-refractivity contribution is 5.77. The molecule has 1 saturated heterocycles. The number of aliphatic carboxylic acids is 1. The number of piperidine rings is 1. The molecule has 2 aromatic carbocycles.